The second-order valence-corrected chi connectivity index (χ2v) is 5.27. The van der Waals surface area contributed by atoms with Crippen molar-refractivity contribution in [2.45, 2.75) is 32.1 Å². The van der Waals surface area contributed by atoms with Gasteiger partial charge in [-0.15, -0.1) is 6.58 Å². The first-order valence-electron chi connectivity index (χ1n) is 7.50. The molecule has 22 heavy (non-hydrogen) atoms. The molecule has 0 bridgehead atoms. The summed E-state index contributed by atoms with van der Waals surface area (Å²) < 4.78 is 0. The van der Waals surface area contributed by atoms with Crippen LogP contribution in [0.1, 0.15) is 37.7 Å². The average molecular weight is 299 g/mol. The van der Waals surface area contributed by atoms with Crippen LogP contribution in [0.4, 0.5) is 0 Å². The molecule has 1 aliphatic carbocycles. The van der Waals surface area contributed by atoms with Crippen LogP contribution in [0, 0.1) is 0 Å². The van der Waals surface area contributed by atoms with Gasteiger partial charge in [-0.1, -0.05) is 43.3 Å². The van der Waals surface area contributed by atoms with E-state index >= 15 is 0 Å². The summed E-state index contributed by atoms with van der Waals surface area (Å²) in [6.45, 7) is 5.75. The number of allylic oxidation sites excluding steroid dienone is 2. The molecule has 0 aromatic heterocycles. The molecule has 0 radical (unpaired) electrons. The quantitative estimate of drug-likeness (QED) is 0.288. The van der Waals surface area contributed by atoms with E-state index in [0.29, 0.717) is 31.6 Å². The van der Waals surface area contributed by atoms with Crippen LogP contribution in [0.5, 0.6) is 0 Å². The molecule has 0 atom stereocenters. The van der Waals surface area contributed by atoms with Gasteiger partial charge in [0.15, 0.2) is 11.6 Å². The van der Waals surface area contributed by atoms with Gasteiger partial charge in [0.05, 0.1) is 17.9 Å². The van der Waals surface area contributed by atoms with Crippen LogP contribution < -0.4 is 5.48 Å². The monoisotopic (exact) mass is 299 g/mol. The van der Waals surface area contributed by atoms with Crippen LogP contribution in [0.25, 0.3) is 0 Å². The van der Waals surface area contributed by atoms with Crippen molar-refractivity contribution in [1.29, 1.82) is 0 Å². The Morgan fingerprint density at radius 3 is 2.45 bits per heavy atom. The zero-order valence-electron chi connectivity index (χ0n) is 12.8. The smallest absolute Gasteiger partial charge is 0.168 e. The fourth-order valence-corrected chi connectivity index (χ4v) is 2.66. The lowest BCUT2D eigenvalue weighted by Crippen LogP contribution is -2.29. The highest BCUT2D eigenvalue weighted by atomic mass is 16.6. The minimum Gasteiger partial charge on any atom is -0.294 e. The molecule has 0 amide bonds. The summed E-state index contributed by atoms with van der Waals surface area (Å²) in [5.74, 6) is -0.259. The SMILES string of the molecule is C=CCONC(CC)=C1C(=O)CC(c2ccccc2)CC1=O. The lowest BCUT2D eigenvalue weighted by molar-refractivity contribution is -0.124. The molecule has 0 unspecified atom stereocenters. The molecule has 4 heteroatoms. The zero-order chi connectivity index (χ0) is 15.9. The Hall–Kier alpha value is -2.20. The van der Waals surface area contributed by atoms with Crippen molar-refractivity contribution in [2.24, 2.45) is 0 Å². The first-order chi connectivity index (χ1) is 10.7. The molecule has 0 spiro atoms. The van der Waals surface area contributed by atoms with E-state index in [4.69, 9.17) is 4.84 Å². The molecule has 1 aliphatic rings. The van der Waals surface area contributed by atoms with Crippen LogP contribution >= 0.6 is 0 Å². The number of rotatable bonds is 6. The van der Waals surface area contributed by atoms with E-state index in [-0.39, 0.29) is 23.1 Å². The van der Waals surface area contributed by atoms with Gasteiger partial charge in [-0.2, -0.15) is 0 Å². The van der Waals surface area contributed by atoms with Gasteiger partial charge >= 0.3 is 0 Å². The van der Waals surface area contributed by atoms with Crippen molar-refractivity contribution < 1.29 is 14.4 Å². The van der Waals surface area contributed by atoms with Crippen molar-refractivity contribution >= 4 is 11.6 Å². The normalized spacial score (nSPS) is 18.2. The standard InChI is InChI=1S/C18H21NO3/c1-3-10-22-19-15(4-2)18-16(20)11-14(12-17(18)21)13-8-6-5-7-9-13/h3,5-9,14,19H,1,4,10-12H2,2H3. The molecular formula is C18H21NO3. The summed E-state index contributed by atoms with van der Waals surface area (Å²) >= 11 is 0. The largest absolute Gasteiger partial charge is 0.294 e. The lowest BCUT2D eigenvalue weighted by Gasteiger charge is -2.24. The zero-order valence-corrected chi connectivity index (χ0v) is 12.8. The maximum absolute atomic E-state index is 12.4. The maximum atomic E-state index is 12.4. The Bertz CT molecular complexity index is 570. The number of benzene rings is 1. The molecule has 1 N–H and O–H groups in total. The third kappa shape index (κ3) is 3.71. The molecule has 2 rings (SSSR count). The third-order valence-corrected chi connectivity index (χ3v) is 3.74. The van der Waals surface area contributed by atoms with Gasteiger partial charge in [-0.25, -0.2) is 0 Å². The van der Waals surface area contributed by atoms with Crippen molar-refractivity contribution in [3.8, 4) is 0 Å². The molecule has 1 fully saturated rings. The second kappa shape index (κ2) is 7.71. The average Bonchev–Trinajstić information content (AvgIpc) is 2.53. The molecule has 1 aromatic carbocycles. The van der Waals surface area contributed by atoms with Gasteiger partial charge in [0.25, 0.3) is 0 Å². The number of Topliss-reactive ketones (excluding diaryl/α,β-unsaturated/α-hetero) is 2. The van der Waals surface area contributed by atoms with E-state index in [2.05, 4.69) is 12.1 Å². The van der Waals surface area contributed by atoms with E-state index in [1.165, 1.54) is 0 Å². The number of hydrogen-bond donors (Lipinski definition) is 1. The van der Waals surface area contributed by atoms with Crippen molar-refractivity contribution in [3.05, 3.63) is 59.8 Å². The number of carbonyl (C=O) groups is 2. The summed E-state index contributed by atoms with van der Waals surface area (Å²) in [7, 11) is 0. The number of hydrogen-bond acceptors (Lipinski definition) is 4. The number of ketones is 2. The van der Waals surface area contributed by atoms with Crippen LogP contribution in [-0.2, 0) is 14.4 Å². The van der Waals surface area contributed by atoms with E-state index in [0.717, 1.165) is 5.56 Å². The molecule has 1 aromatic rings. The molecule has 4 nitrogen and oxygen atoms in total. The van der Waals surface area contributed by atoms with Crippen LogP contribution in [0.2, 0.25) is 0 Å². The van der Waals surface area contributed by atoms with E-state index in [1.54, 1.807) is 6.08 Å². The van der Waals surface area contributed by atoms with Crippen LogP contribution in [0.15, 0.2) is 54.3 Å². The second-order valence-electron chi connectivity index (χ2n) is 5.27. The van der Waals surface area contributed by atoms with Gasteiger partial charge in [-0.05, 0) is 17.9 Å². The summed E-state index contributed by atoms with van der Waals surface area (Å²) in [5, 5.41) is 0. The Kier molecular flexibility index (Phi) is 5.67. The molecular weight excluding hydrogens is 278 g/mol. The van der Waals surface area contributed by atoms with Gasteiger partial charge < -0.3 is 0 Å². The van der Waals surface area contributed by atoms with E-state index in [9.17, 15) is 9.59 Å². The predicted molar refractivity (Wildman–Crippen MR) is 85.0 cm³/mol. The summed E-state index contributed by atoms with van der Waals surface area (Å²) in [6, 6.07) is 9.71. The highest BCUT2D eigenvalue weighted by Gasteiger charge is 2.33. The number of hydroxylamine groups is 1. The first kappa shape index (κ1) is 16.2. The highest BCUT2D eigenvalue weighted by Crippen LogP contribution is 2.32. The van der Waals surface area contributed by atoms with Crippen LogP contribution in [-0.4, -0.2) is 18.2 Å². The van der Waals surface area contributed by atoms with Crippen molar-refractivity contribution in [3.63, 3.8) is 0 Å². The molecule has 116 valence electrons. The van der Waals surface area contributed by atoms with Gasteiger partial charge in [-0.3, -0.25) is 19.9 Å². The Morgan fingerprint density at radius 1 is 1.27 bits per heavy atom. The fourth-order valence-electron chi connectivity index (χ4n) is 2.66. The predicted octanol–water partition coefficient (Wildman–Crippen LogP) is 3.07. The van der Waals surface area contributed by atoms with Gasteiger partial charge in [0.2, 0.25) is 0 Å². The van der Waals surface area contributed by atoms with E-state index in [1.807, 2.05) is 37.3 Å². The highest BCUT2D eigenvalue weighted by molar-refractivity contribution is 6.22. The van der Waals surface area contributed by atoms with Crippen molar-refractivity contribution in [1.82, 2.24) is 5.48 Å². The van der Waals surface area contributed by atoms with Gasteiger partial charge in [0, 0.05) is 12.8 Å². The summed E-state index contributed by atoms with van der Waals surface area (Å²) in [6.07, 6.45) is 2.86. The Labute approximate surface area is 130 Å². The summed E-state index contributed by atoms with van der Waals surface area (Å²) in [4.78, 5) is 30.0. The fraction of sp³-hybridized carbons (Fsp3) is 0.333. The lowest BCUT2D eigenvalue weighted by atomic mass is 9.79. The van der Waals surface area contributed by atoms with Crippen molar-refractivity contribution in [2.75, 3.05) is 6.61 Å². The number of nitrogens with one attached hydrogen (secondary N) is 1. The van der Waals surface area contributed by atoms with Gasteiger partial charge in [0.1, 0.15) is 0 Å². The third-order valence-electron chi connectivity index (χ3n) is 3.74. The minimum atomic E-state index is -0.114. The maximum Gasteiger partial charge on any atom is 0.168 e. The molecule has 1 saturated carbocycles. The molecule has 0 aliphatic heterocycles. The Balaban J connectivity index is 2.18. The molecule has 0 heterocycles. The first-order valence-corrected chi connectivity index (χ1v) is 7.50. The molecule has 0 saturated heterocycles. The van der Waals surface area contributed by atoms with E-state index < -0.39 is 0 Å². The number of carbonyl (C=O) groups excluding carboxylic acids is 2. The van der Waals surface area contributed by atoms with Crippen LogP contribution in [0.3, 0.4) is 0 Å². The summed E-state index contributed by atoms with van der Waals surface area (Å²) in [5.41, 5.74) is 4.58. The Morgan fingerprint density at radius 2 is 1.91 bits per heavy atom. The topological polar surface area (TPSA) is 55.4 Å². The minimum absolute atomic E-state index is 0.0304.